The van der Waals surface area contributed by atoms with Crippen LogP contribution < -0.4 is 14.8 Å². The maximum atomic E-state index is 12.8. The Morgan fingerprint density at radius 1 is 1.00 bits per heavy atom. The van der Waals surface area contributed by atoms with Gasteiger partial charge in [0.2, 0.25) is 5.91 Å². The molecular weight excluding hydrogens is 458 g/mol. The standard InChI is InChI=1S/C24H22BrN3O3/c1-30-21-12-7-16(13-22(21)31-2)14-23-27-19-5-3-4-6-20(19)28(23)15-24(29)26-18-10-8-17(25)9-11-18/h3-13H,14-15H2,1-2H3,(H,26,29). The number of hydrogen-bond acceptors (Lipinski definition) is 4. The lowest BCUT2D eigenvalue weighted by molar-refractivity contribution is -0.116. The van der Waals surface area contributed by atoms with E-state index in [1.54, 1.807) is 14.2 Å². The molecule has 3 aromatic carbocycles. The molecule has 0 saturated heterocycles. The summed E-state index contributed by atoms with van der Waals surface area (Å²) in [5.74, 6) is 2.03. The summed E-state index contributed by atoms with van der Waals surface area (Å²) in [6.07, 6.45) is 0.556. The predicted octanol–water partition coefficient (Wildman–Crippen LogP) is 5.05. The average Bonchev–Trinajstić information content (AvgIpc) is 3.12. The molecule has 0 spiro atoms. The summed E-state index contributed by atoms with van der Waals surface area (Å²) in [6.45, 7) is 0.166. The monoisotopic (exact) mass is 479 g/mol. The number of methoxy groups -OCH3 is 2. The molecule has 6 nitrogen and oxygen atoms in total. The second-order valence-electron chi connectivity index (χ2n) is 7.02. The molecule has 4 aromatic rings. The fourth-order valence-electron chi connectivity index (χ4n) is 3.49. The van der Waals surface area contributed by atoms with Crippen LogP contribution in [0.5, 0.6) is 11.5 Å². The molecule has 0 saturated carbocycles. The zero-order chi connectivity index (χ0) is 21.8. The lowest BCUT2D eigenvalue weighted by atomic mass is 10.1. The number of halogens is 1. The highest BCUT2D eigenvalue weighted by Crippen LogP contribution is 2.29. The fraction of sp³-hybridized carbons (Fsp3) is 0.167. The van der Waals surface area contributed by atoms with Crippen LogP contribution in [-0.2, 0) is 17.8 Å². The van der Waals surface area contributed by atoms with Gasteiger partial charge in [0.25, 0.3) is 0 Å². The Labute approximate surface area is 188 Å². The first kappa shape index (κ1) is 20.9. The van der Waals surface area contributed by atoms with Crippen LogP contribution in [0.2, 0.25) is 0 Å². The summed E-state index contributed by atoms with van der Waals surface area (Å²) in [5.41, 5.74) is 3.54. The van der Waals surface area contributed by atoms with E-state index in [2.05, 4.69) is 21.2 Å². The highest BCUT2D eigenvalue weighted by molar-refractivity contribution is 9.10. The minimum Gasteiger partial charge on any atom is -0.493 e. The molecule has 1 N–H and O–H groups in total. The molecule has 7 heteroatoms. The molecule has 0 fully saturated rings. The molecule has 0 unspecified atom stereocenters. The number of carbonyl (C=O) groups is 1. The van der Waals surface area contributed by atoms with Crippen molar-refractivity contribution in [3.63, 3.8) is 0 Å². The Balaban J connectivity index is 1.63. The number of para-hydroxylation sites is 2. The Morgan fingerprint density at radius 2 is 1.74 bits per heavy atom. The van der Waals surface area contributed by atoms with Gasteiger partial charge in [-0.15, -0.1) is 0 Å². The van der Waals surface area contributed by atoms with E-state index in [0.717, 1.165) is 32.6 Å². The predicted molar refractivity (Wildman–Crippen MR) is 125 cm³/mol. The van der Waals surface area contributed by atoms with Crippen LogP contribution >= 0.6 is 15.9 Å². The Morgan fingerprint density at radius 3 is 2.48 bits per heavy atom. The van der Waals surface area contributed by atoms with Crippen molar-refractivity contribution in [1.82, 2.24) is 9.55 Å². The van der Waals surface area contributed by atoms with Gasteiger partial charge in [-0.3, -0.25) is 4.79 Å². The quantitative estimate of drug-likeness (QED) is 0.402. The average molecular weight is 480 g/mol. The van der Waals surface area contributed by atoms with Crippen LogP contribution in [0.1, 0.15) is 11.4 Å². The van der Waals surface area contributed by atoms with Gasteiger partial charge in [-0.05, 0) is 54.1 Å². The van der Waals surface area contributed by atoms with Gasteiger partial charge >= 0.3 is 0 Å². The number of rotatable bonds is 7. The molecule has 0 bridgehead atoms. The minimum atomic E-state index is -0.112. The number of imidazole rings is 1. The van der Waals surface area contributed by atoms with Crippen molar-refractivity contribution in [3.8, 4) is 11.5 Å². The molecular formula is C24H22BrN3O3. The number of nitrogens with one attached hydrogen (secondary N) is 1. The van der Waals surface area contributed by atoms with Gasteiger partial charge in [-0.2, -0.15) is 0 Å². The second kappa shape index (κ2) is 9.22. The molecule has 4 rings (SSSR count). The number of fused-ring (bicyclic) bond motifs is 1. The first-order chi connectivity index (χ1) is 15.1. The van der Waals surface area contributed by atoms with E-state index in [1.807, 2.05) is 71.3 Å². The number of carbonyl (C=O) groups excluding carboxylic acids is 1. The number of amides is 1. The number of benzene rings is 3. The molecule has 31 heavy (non-hydrogen) atoms. The largest absolute Gasteiger partial charge is 0.493 e. The van der Waals surface area contributed by atoms with Crippen LogP contribution in [0.25, 0.3) is 11.0 Å². The van der Waals surface area contributed by atoms with Crippen LogP contribution in [0.4, 0.5) is 5.69 Å². The van der Waals surface area contributed by atoms with E-state index >= 15 is 0 Å². The van der Waals surface area contributed by atoms with E-state index in [1.165, 1.54) is 0 Å². The first-order valence-electron chi connectivity index (χ1n) is 9.78. The fourth-order valence-corrected chi connectivity index (χ4v) is 3.75. The molecule has 0 aliphatic carbocycles. The van der Waals surface area contributed by atoms with Crippen molar-refractivity contribution in [3.05, 3.63) is 82.6 Å². The topological polar surface area (TPSA) is 65.4 Å². The van der Waals surface area contributed by atoms with Gasteiger partial charge in [-0.25, -0.2) is 4.98 Å². The summed E-state index contributed by atoms with van der Waals surface area (Å²) in [6, 6.07) is 21.1. The molecule has 1 heterocycles. The number of ether oxygens (including phenoxy) is 2. The third-order valence-corrected chi connectivity index (χ3v) is 5.50. The summed E-state index contributed by atoms with van der Waals surface area (Å²) in [5, 5.41) is 2.95. The van der Waals surface area contributed by atoms with Crippen LogP contribution in [0.3, 0.4) is 0 Å². The Hall–Kier alpha value is -3.32. The van der Waals surface area contributed by atoms with Crippen molar-refractivity contribution in [2.24, 2.45) is 0 Å². The van der Waals surface area contributed by atoms with E-state index < -0.39 is 0 Å². The van der Waals surface area contributed by atoms with Crippen LogP contribution in [0, 0.1) is 0 Å². The van der Waals surface area contributed by atoms with Crippen molar-refractivity contribution in [1.29, 1.82) is 0 Å². The first-order valence-corrected chi connectivity index (χ1v) is 10.6. The van der Waals surface area contributed by atoms with E-state index in [0.29, 0.717) is 17.9 Å². The van der Waals surface area contributed by atoms with E-state index in [4.69, 9.17) is 14.5 Å². The maximum absolute atomic E-state index is 12.8. The van der Waals surface area contributed by atoms with Gasteiger partial charge in [0, 0.05) is 16.6 Å². The van der Waals surface area contributed by atoms with Crippen LogP contribution in [0.15, 0.2) is 71.2 Å². The smallest absolute Gasteiger partial charge is 0.244 e. The third kappa shape index (κ3) is 4.72. The Kier molecular flexibility index (Phi) is 6.23. The summed E-state index contributed by atoms with van der Waals surface area (Å²) >= 11 is 3.41. The lowest BCUT2D eigenvalue weighted by Crippen LogP contribution is -2.20. The SMILES string of the molecule is COc1ccc(Cc2nc3ccccc3n2CC(=O)Nc2ccc(Br)cc2)cc1OC. The number of hydrogen-bond donors (Lipinski definition) is 1. The van der Waals surface area contributed by atoms with E-state index in [9.17, 15) is 4.79 Å². The maximum Gasteiger partial charge on any atom is 0.244 e. The van der Waals surface area contributed by atoms with Crippen LogP contribution in [-0.4, -0.2) is 29.7 Å². The summed E-state index contributed by atoms with van der Waals surface area (Å²) in [7, 11) is 3.23. The normalized spacial score (nSPS) is 10.8. The molecule has 1 aromatic heterocycles. The number of anilines is 1. The second-order valence-corrected chi connectivity index (χ2v) is 7.94. The number of aromatic nitrogens is 2. The zero-order valence-corrected chi connectivity index (χ0v) is 18.8. The molecule has 0 atom stereocenters. The summed E-state index contributed by atoms with van der Waals surface area (Å²) < 4.78 is 13.7. The van der Waals surface area contributed by atoms with Gasteiger partial charge in [0.05, 0.1) is 25.3 Å². The van der Waals surface area contributed by atoms with Crippen molar-refractivity contribution in [2.75, 3.05) is 19.5 Å². The third-order valence-electron chi connectivity index (χ3n) is 4.97. The van der Waals surface area contributed by atoms with Gasteiger partial charge in [-0.1, -0.05) is 34.1 Å². The van der Waals surface area contributed by atoms with Crippen molar-refractivity contribution in [2.45, 2.75) is 13.0 Å². The summed E-state index contributed by atoms with van der Waals surface area (Å²) in [4.78, 5) is 17.6. The Bertz CT molecular complexity index is 1220. The highest BCUT2D eigenvalue weighted by atomic mass is 79.9. The lowest BCUT2D eigenvalue weighted by Gasteiger charge is -2.12. The molecule has 1 amide bonds. The molecule has 0 radical (unpaired) electrons. The highest BCUT2D eigenvalue weighted by Gasteiger charge is 2.15. The molecule has 0 aliphatic heterocycles. The number of nitrogens with zero attached hydrogens (tertiary/aromatic N) is 2. The van der Waals surface area contributed by atoms with Crippen molar-refractivity contribution < 1.29 is 14.3 Å². The molecule has 158 valence electrons. The zero-order valence-electron chi connectivity index (χ0n) is 17.3. The van der Waals surface area contributed by atoms with E-state index in [-0.39, 0.29) is 12.5 Å². The molecule has 0 aliphatic rings. The van der Waals surface area contributed by atoms with Crippen molar-refractivity contribution >= 4 is 38.6 Å². The van der Waals surface area contributed by atoms with Gasteiger partial charge in [0.15, 0.2) is 11.5 Å². The van der Waals surface area contributed by atoms with Gasteiger partial charge in [0.1, 0.15) is 12.4 Å². The minimum absolute atomic E-state index is 0.112. The van der Waals surface area contributed by atoms with Gasteiger partial charge < -0.3 is 19.4 Å².